The Labute approximate surface area is 159 Å². The van der Waals surface area contributed by atoms with Gasteiger partial charge in [0, 0.05) is 70.4 Å². The molecule has 0 spiro atoms. The molecule has 1 aromatic carbocycles. The quantitative estimate of drug-likeness (QED) is 0.750. The summed E-state index contributed by atoms with van der Waals surface area (Å²) in [6, 6.07) is 10.4. The highest BCUT2D eigenvalue weighted by Crippen LogP contribution is 2.14. The Morgan fingerprint density at radius 1 is 1.11 bits per heavy atom. The number of imidazole rings is 1. The standard InChI is InChI=1S/C20H26N6O/c1-23-10-7-21-19(23)16-24-12-14-26(15-13-24)20(27)22-8-11-25-9-6-17-4-2-3-5-18(17)25/h2-7,9-10H,8,11-16H2,1H3,(H,22,27). The van der Waals surface area contributed by atoms with Crippen molar-refractivity contribution in [3.63, 3.8) is 0 Å². The number of piperazine rings is 1. The SMILES string of the molecule is Cn1ccnc1CN1CCN(C(=O)NCCn2ccc3ccccc32)CC1. The molecule has 0 unspecified atom stereocenters. The molecule has 1 N–H and O–H groups in total. The number of rotatable bonds is 5. The summed E-state index contributed by atoms with van der Waals surface area (Å²) in [5, 5.41) is 4.29. The normalized spacial score (nSPS) is 15.4. The van der Waals surface area contributed by atoms with Crippen molar-refractivity contribution in [3.8, 4) is 0 Å². The van der Waals surface area contributed by atoms with Gasteiger partial charge in [-0.15, -0.1) is 0 Å². The number of hydrogen-bond acceptors (Lipinski definition) is 3. The number of carbonyl (C=O) groups is 1. The Hall–Kier alpha value is -2.80. The summed E-state index contributed by atoms with van der Waals surface area (Å²) in [6.07, 6.45) is 5.87. The highest BCUT2D eigenvalue weighted by molar-refractivity contribution is 5.80. The lowest BCUT2D eigenvalue weighted by molar-refractivity contribution is 0.133. The zero-order chi connectivity index (χ0) is 18.6. The number of benzene rings is 1. The van der Waals surface area contributed by atoms with Crippen molar-refractivity contribution in [1.29, 1.82) is 0 Å². The number of nitrogens with one attached hydrogen (secondary N) is 1. The monoisotopic (exact) mass is 366 g/mol. The highest BCUT2D eigenvalue weighted by Gasteiger charge is 2.21. The topological polar surface area (TPSA) is 58.3 Å². The van der Waals surface area contributed by atoms with Gasteiger partial charge in [-0.2, -0.15) is 0 Å². The predicted octanol–water partition coefficient (Wildman–Crippen LogP) is 1.90. The van der Waals surface area contributed by atoms with Crippen LogP contribution in [0.2, 0.25) is 0 Å². The summed E-state index contributed by atoms with van der Waals surface area (Å²) >= 11 is 0. The van der Waals surface area contributed by atoms with Crippen LogP contribution in [-0.2, 0) is 20.1 Å². The van der Waals surface area contributed by atoms with Crippen LogP contribution in [0, 0.1) is 0 Å². The van der Waals surface area contributed by atoms with Crippen molar-refractivity contribution in [2.45, 2.75) is 13.1 Å². The van der Waals surface area contributed by atoms with E-state index < -0.39 is 0 Å². The number of fused-ring (bicyclic) bond motifs is 1. The number of aromatic nitrogens is 3. The Morgan fingerprint density at radius 2 is 1.93 bits per heavy atom. The van der Waals surface area contributed by atoms with Gasteiger partial charge in [0.15, 0.2) is 0 Å². The second-order valence-corrected chi connectivity index (χ2v) is 7.02. The maximum atomic E-state index is 12.4. The largest absolute Gasteiger partial charge is 0.346 e. The van der Waals surface area contributed by atoms with Crippen LogP contribution in [0.15, 0.2) is 48.9 Å². The van der Waals surface area contributed by atoms with E-state index >= 15 is 0 Å². The molecular formula is C20H26N6O. The maximum Gasteiger partial charge on any atom is 0.317 e. The molecule has 3 aromatic rings. The van der Waals surface area contributed by atoms with E-state index in [1.165, 1.54) is 10.9 Å². The third-order valence-electron chi connectivity index (χ3n) is 5.25. The van der Waals surface area contributed by atoms with E-state index in [4.69, 9.17) is 0 Å². The molecule has 0 atom stereocenters. The van der Waals surface area contributed by atoms with Gasteiger partial charge in [-0.25, -0.2) is 9.78 Å². The lowest BCUT2D eigenvalue weighted by atomic mass is 10.2. The van der Waals surface area contributed by atoms with Gasteiger partial charge in [0.1, 0.15) is 5.82 Å². The molecule has 0 radical (unpaired) electrons. The number of hydrogen-bond donors (Lipinski definition) is 1. The summed E-state index contributed by atoms with van der Waals surface area (Å²) in [4.78, 5) is 21.1. The first-order valence-corrected chi connectivity index (χ1v) is 9.46. The van der Waals surface area contributed by atoms with E-state index in [0.29, 0.717) is 6.54 Å². The molecule has 142 valence electrons. The molecule has 1 saturated heterocycles. The van der Waals surface area contributed by atoms with Crippen molar-refractivity contribution in [3.05, 3.63) is 54.7 Å². The summed E-state index contributed by atoms with van der Waals surface area (Å²) < 4.78 is 4.23. The first-order valence-electron chi connectivity index (χ1n) is 9.46. The van der Waals surface area contributed by atoms with E-state index in [-0.39, 0.29) is 6.03 Å². The Morgan fingerprint density at radius 3 is 2.70 bits per heavy atom. The fourth-order valence-corrected chi connectivity index (χ4v) is 3.59. The van der Waals surface area contributed by atoms with Gasteiger partial charge in [0.2, 0.25) is 0 Å². The number of para-hydroxylation sites is 1. The first kappa shape index (κ1) is 17.6. The summed E-state index contributed by atoms with van der Waals surface area (Å²) in [5.41, 5.74) is 1.20. The predicted molar refractivity (Wildman–Crippen MR) is 105 cm³/mol. The molecule has 0 bridgehead atoms. The van der Waals surface area contributed by atoms with E-state index in [9.17, 15) is 4.79 Å². The van der Waals surface area contributed by atoms with Crippen LogP contribution in [-0.4, -0.2) is 62.7 Å². The molecule has 27 heavy (non-hydrogen) atoms. The minimum atomic E-state index is 0.0307. The number of urea groups is 1. The molecule has 2 amide bonds. The first-order chi connectivity index (χ1) is 13.2. The van der Waals surface area contributed by atoms with Gasteiger partial charge in [-0.05, 0) is 17.5 Å². The summed E-state index contributed by atoms with van der Waals surface area (Å²) in [6.45, 7) is 5.50. The maximum absolute atomic E-state index is 12.4. The minimum absolute atomic E-state index is 0.0307. The smallest absolute Gasteiger partial charge is 0.317 e. The van der Waals surface area contributed by atoms with Crippen molar-refractivity contribution >= 4 is 16.9 Å². The van der Waals surface area contributed by atoms with Crippen molar-refractivity contribution in [2.75, 3.05) is 32.7 Å². The van der Waals surface area contributed by atoms with E-state index in [0.717, 1.165) is 45.1 Å². The van der Waals surface area contributed by atoms with Crippen LogP contribution < -0.4 is 5.32 Å². The van der Waals surface area contributed by atoms with Gasteiger partial charge in [-0.1, -0.05) is 18.2 Å². The number of aryl methyl sites for hydroxylation is 1. The molecule has 0 saturated carbocycles. The van der Waals surface area contributed by atoms with Crippen molar-refractivity contribution in [2.24, 2.45) is 7.05 Å². The molecular weight excluding hydrogens is 340 g/mol. The number of amides is 2. The second-order valence-electron chi connectivity index (χ2n) is 7.02. The zero-order valence-electron chi connectivity index (χ0n) is 15.7. The fourth-order valence-electron chi connectivity index (χ4n) is 3.59. The van der Waals surface area contributed by atoms with E-state index in [1.54, 1.807) is 0 Å². The minimum Gasteiger partial charge on any atom is -0.346 e. The molecule has 1 aliphatic rings. The fraction of sp³-hybridized carbons (Fsp3) is 0.400. The Kier molecular flexibility index (Phi) is 5.11. The average Bonchev–Trinajstić information content (AvgIpc) is 3.29. The van der Waals surface area contributed by atoms with Gasteiger partial charge in [0.25, 0.3) is 0 Å². The van der Waals surface area contributed by atoms with Crippen LogP contribution in [0.4, 0.5) is 4.79 Å². The lowest BCUT2D eigenvalue weighted by Crippen LogP contribution is -2.51. The molecule has 7 heteroatoms. The Balaban J connectivity index is 1.22. The van der Waals surface area contributed by atoms with E-state index in [1.807, 2.05) is 41.0 Å². The third kappa shape index (κ3) is 3.98. The van der Waals surface area contributed by atoms with Crippen molar-refractivity contribution < 1.29 is 4.79 Å². The van der Waals surface area contributed by atoms with Gasteiger partial charge in [0.05, 0.1) is 6.54 Å². The van der Waals surface area contributed by atoms with Crippen LogP contribution in [0.25, 0.3) is 10.9 Å². The van der Waals surface area contributed by atoms with Crippen LogP contribution in [0.1, 0.15) is 5.82 Å². The van der Waals surface area contributed by atoms with Gasteiger partial charge < -0.3 is 19.4 Å². The summed E-state index contributed by atoms with van der Waals surface area (Å²) in [5.74, 6) is 1.06. The molecule has 0 aliphatic carbocycles. The zero-order valence-corrected chi connectivity index (χ0v) is 15.7. The molecule has 4 rings (SSSR count). The molecule has 3 heterocycles. The molecule has 1 aliphatic heterocycles. The van der Waals surface area contributed by atoms with Crippen LogP contribution in [0.5, 0.6) is 0 Å². The molecule has 7 nitrogen and oxygen atoms in total. The molecule has 2 aromatic heterocycles. The molecule has 1 fully saturated rings. The average molecular weight is 366 g/mol. The number of nitrogens with zero attached hydrogens (tertiary/aromatic N) is 5. The lowest BCUT2D eigenvalue weighted by Gasteiger charge is -2.34. The van der Waals surface area contributed by atoms with Gasteiger partial charge in [-0.3, -0.25) is 4.90 Å². The summed E-state index contributed by atoms with van der Waals surface area (Å²) in [7, 11) is 2.01. The third-order valence-corrected chi connectivity index (χ3v) is 5.25. The van der Waals surface area contributed by atoms with E-state index in [2.05, 4.69) is 44.2 Å². The van der Waals surface area contributed by atoms with Gasteiger partial charge >= 0.3 is 6.03 Å². The van der Waals surface area contributed by atoms with Crippen LogP contribution in [0.3, 0.4) is 0 Å². The second kappa shape index (κ2) is 7.84. The highest BCUT2D eigenvalue weighted by atomic mass is 16.2. The number of carbonyl (C=O) groups excluding carboxylic acids is 1. The van der Waals surface area contributed by atoms with Crippen molar-refractivity contribution in [1.82, 2.24) is 29.2 Å². The van der Waals surface area contributed by atoms with Crippen LogP contribution >= 0.6 is 0 Å². The Bertz CT molecular complexity index is 906.